The summed E-state index contributed by atoms with van der Waals surface area (Å²) in [4.78, 5) is 4.38. The molecule has 2 aromatic rings. The van der Waals surface area contributed by atoms with Gasteiger partial charge in [-0.25, -0.2) is 9.50 Å². The SMILES string of the molecule is CC(C)c1nc2ccc(Br)cn2n1. The highest BCUT2D eigenvalue weighted by atomic mass is 79.9. The average molecular weight is 240 g/mol. The molecule has 0 aliphatic carbocycles. The molecule has 0 aliphatic rings. The molecule has 0 atom stereocenters. The van der Waals surface area contributed by atoms with E-state index in [-0.39, 0.29) is 0 Å². The van der Waals surface area contributed by atoms with Gasteiger partial charge >= 0.3 is 0 Å². The minimum atomic E-state index is 0.374. The third kappa shape index (κ3) is 1.58. The van der Waals surface area contributed by atoms with Crippen molar-refractivity contribution >= 4 is 21.6 Å². The summed E-state index contributed by atoms with van der Waals surface area (Å²) < 4.78 is 2.81. The zero-order chi connectivity index (χ0) is 9.42. The molecular weight excluding hydrogens is 230 g/mol. The van der Waals surface area contributed by atoms with Crippen LogP contribution in [0.15, 0.2) is 22.8 Å². The average Bonchev–Trinajstić information content (AvgIpc) is 2.46. The van der Waals surface area contributed by atoms with E-state index in [2.05, 4.69) is 39.9 Å². The zero-order valence-corrected chi connectivity index (χ0v) is 9.12. The molecule has 0 N–H and O–H groups in total. The number of hydrogen-bond donors (Lipinski definition) is 0. The van der Waals surface area contributed by atoms with Crippen molar-refractivity contribution in [2.24, 2.45) is 0 Å². The van der Waals surface area contributed by atoms with E-state index in [0.717, 1.165) is 15.9 Å². The molecule has 0 bridgehead atoms. The van der Waals surface area contributed by atoms with Gasteiger partial charge < -0.3 is 0 Å². The Balaban J connectivity index is 2.62. The number of hydrogen-bond acceptors (Lipinski definition) is 2. The minimum Gasteiger partial charge on any atom is -0.220 e. The summed E-state index contributed by atoms with van der Waals surface area (Å²) in [5, 5.41) is 4.35. The third-order valence-corrected chi connectivity index (χ3v) is 2.30. The highest BCUT2D eigenvalue weighted by Gasteiger charge is 2.06. The van der Waals surface area contributed by atoms with Gasteiger partial charge in [0.15, 0.2) is 11.5 Å². The van der Waals surface area contributed by atoms with Gasteiger partial charge in [0.25, 0.3) is 0 Å². The number of nitrogens with zero attached hydrogens (tertiary/aromatic N) is 3. The Kier molecular flexibility index (Phi) is 2.07. The summed E-state index contributed by atoms with van der Waals surface area (Å²) in [6, 6.07) is 3.91. The molecule has 2 heterocycles. The van der Waals surface area contributed by atoms with Gasteiger partial charge in [-0.05, 0) is 28.1 Å². The monoisotopic (exact) mass is 239 g/mol. The van der Waals surface area contributed by atoms with Crippen LogP contribution in [0.2, 0.25) is 0 Å². The van der Waals surface area contributed by atoms with Crippen molar-refractivity contribution < 1.29 is 0 Å². The Labute approximate surface area is 84.9 Å². The number of pyridine rings is 1. The predicted octanol–water partition coefficient (Wildman–Crippen LogP) is 2.62. The lowest BCUT2D eigenvalue weighted by molar-refractivity contribution is 0.765. The van der Waals surface area contributed by atoms with Crippen molar-refractivity contribution in [3.63, 3.8) is 0 Å². The Morgan fingerprint density at radius 1 is 1.38 bits per heavy atom. The molecule has 0 saturated carbocycles. The molecular formula is C9H10BrN3. The minimum absolute atomic E-state index is 0.374. The largest absolute Gasteiger partial charge is 0.220 e. The van der Waals surface area contributed by atoms with Gasteiger partial charge in [-0.1, -0.05) is 13.8 Å². The highest BCUT2D eigenvalue weighted by molar-refractivity contribution is 9.10. The van der Waals surface area contributed by atoms with Crippen molar-refractivity contribution in [1.29, 1.82) is 0 Å². The van der Waals surface area contributed by atoms with Crippen LogP contribution in [0, 0.1) is 0 Å². The molecule has 0 saturated heterocycles. The van der Waals surface area contributed by atoms with Gasteiger partial charge in [-0.15, -0.1) is 0 Å². The standard InChI is InChI=1S/C9H10BrN3/c1-6(2)9-11-8-4-3-7(10)5-13(8)12-9/h3-6H,1-2H3. The van der Waals surface area contributed by atoms with E-state index >= 15 is 0 Å². The van der Waals surface area contributed by atoms with Crippen LogP contribution in [0.25, 0.3) is 5.65 Å². The summed E-state index contributed by atoms with van der Waals surface area (Å²) in [5.41, 5.74) is 0.895. The first-order valence-electron chi connectivity index (χ1n) is 4.18. The van der Waals surface area contributed by atoms with Crippen molar-refractivity contribution in [3.05, 3.63) is 28.6 Å². The Hall–Kier alpha value is -0.900. The second-order valence-corrected chi connectivity index (χ2v) is 4.19. The van der Waals surface area contributed by atoms with Crippen LogP contribution in [0.5, 0.6) is 0 Å². The molecule has 0 fully saturated rings. The van der Waals surface area contributed by atoms with E-state index in [1.54, 1.807) is 4.52 Å². The Morgan fingerprint density at radius 3 is 2.85 bits per heavy atom. The number of rotatable bonds is 1. The Morgan fingerprint density at radius 2 is 2.15 bits per heavy atom. The van der Waals surface area contributed by atoms with Crippen LogP contribution in [0.3, 0.4) is 0 Å². The summed E-state index contributed by atoms with van der Waals surface area (Å²) in [7, 11) is 0. The van der Waals surface area contributed by atoms with Crippen molar-refractivity contribution in [2.75, 3.05) is 0 Å². The first-order chi connectivity index (χ1) is 6.16. The van der Waals surface area contributed by atoms with E-state index < -0.39 is 0 Å². The molecule has 0 spiro atoms. The normalized spacial score (nSPS) is 11.4. The summed E-state index contributed by atoms with van der Waals surface area (Å²) in [6.07, 6.45) is 1.91. The summed E-state index contributed by atoms with van der Waals surface area (Å²) in [6.45, 7) is 4.17. The van der Waals surface area contributed by atoms with Gasteiger partial charge in [0.1, 0.15) is 0 Å². The van der Waals surface area contributed by atoms with Gasteiger partial charge in [-0.3, -0.25) is 0 Å². The first kappa shape index (κ1) is 8.69. The third-order valence-electron chi connectivity index (χ3n) is 1.83. The van der Waals surface area contributed by atoms with E-state index in [9.17, 15) is 0 Å². The van der Waals surface area contributed by atoms with Crippen LogP contribution >= 0.6 is 15.9 Å². The maximum Gasteiger partial charge on any atom is 0.155 e. The highest BCUT2D eigenvalue weighted by Crippen LogP contribution is 2.14. The second kappa shape index (κ2) is 3.10. The molecule has 68 valence electrons. The van der Waals surface area contributed by atoms with Crippen LogP contribution < -0.4 is 0 Å². The van der Waals surface area contributed by atoms with Crippen molar-refractivity contribution in [1.82, 2.24) is 14.6 Å². The molecule has 4 heteroatoms. The van der Waals surface area contributed by atoms with Crippen LogP contribution in [0.1, 0.15) is 25.6 Å². The quantitative estimate of drug-likeness (QED) is 0.766. The molecule has 0 aliphatic heterocycles. The predicted molar refractivity (Wildman–Crippen MR) is 54.8 cm³/mol. The zero-order valence-electron chi connectivity index (χ0n) is 7.53. The lowest BCUT2D eigenvalue weighted by atomic mass is 10.2. The summed E-state index contributed by atoms with van der Waals surface area (Å²) >= 11 is 3.39. The first-order valence-corrected chi connectivity index (χ1v) is 4.98. The fourth-order valence-corrected chi connectivity index (χ4v) is 1.45. The molecule has 3 nitrogen and oxygen atoms in total. The number of fused-ring (bicyclic) bond motifs is 1. The lowest BCUT2D eigenvalue weighted by Gasteiger charge is -1.93. The van der Waals surface area contributed by atoms with Crippen LogP contribution in [-0.4, -0.2) is 14.6 Å². The van der Waals surface area contributed by atoms with E-state index in [0.29, 0.717) is 5.92 Å². The van der Waals surface area contributed by atoms with E-state index in [1.807, 2.05) is 18.3 Å². The molecule has 0 radical (unpaired) electrons. The maximum atomic E-state index is 4.38. The van der Waals surface area contributed by atoms with E-state index in [1.165, 1.54) is 0 Å². The smallest absolute Gasteiger partial charge is 0.155 e. The van der Waals surface area contributed by atoms with E-state index in [4.69, 9.17) is 0 Å². The fraction of sp³-hybridized carbons (Fsp3) is 0.333. The van der Waals surface area contributed by atoms with Crippen LogP contribution in [-0.2, 0) is 0 Å². The molecule has 0 aromatic carbocycles. The molecule has 0 unspecified atom stereocenters. The van der Waals surface area contributed by atoms with Gasteiger partial charge in [0, 0.05) is 16.6 Å². The van der Waals surface area contributed by atoms with Gasteiger partial charge in [0.2, 0.25) is 0 Å². The van der Waals surface area contributed by atoms with Gasteiger partial charge in [0.05, 0.1) is 0 Å². The molecule has 2 aromatic heterocycles. The van der Waals surface area contributed by atoms with Crippen LogP contribution in [0.4, 0.5) is 0 Å². The molecule has 2 rings (SSSR count). The number of halogens is 1. The van der Waals surface area contributed by atoms with Gasteiger partial charge in [-0.2, -0.15) is 5.10 Å². The maximum absolute atomic E-state index is 4.38. The fourth-order valence-electron chi connectivity index (χ4n) is 1.12. The van der Waals surface area contributed by atoms with Crippen molar-refractivity contribution in [3.8, 4) is 0 Å². The topological polar surface area (TPSA) is 30.2 Å². The molecule has 0 amide bonds. The summed E-state index contributed by atoms with van der Waals surface area (Å²) in [5.74, 6) is 1.26. The Bertz CT molecular complexity index is 433. The number of aromatic nitrogens is 3. The second-order valence-electron chi connectivity index (χ2n) is 3.27. The molecule has 13 heavy (non-hydrogen) atoms. The lowest BCUT2D eigenvalue weighted by Crippen LogP contribution is -1.91. The van der Waals surface area contributed by atoms with Crippen molar-refractivity contribution in [2.45, 2.75) is 19.8 Å².